The van der Waals surface area contributed by atoms with Crippen molar-refractivity contribution in [1.29, 1.82) is 0 Å². The average Bonchev–Trinajstić information content (AvgIpc) is 2.94. The van der Waals surface area contributed by atoms with E-state index in [4.69, 9.17) is 0 Å². The Kier molecular flexibility index (Phi) is 6.87. The van der Waals surface area contributed by atoms with Crippen LogP contribution >= 0.6 is 27.7 Å². The number of aromatic nitrogens is 3. The van der Waals surface area contributed by atoms with Gasteiger partial charge in [0.2, 0.25) is 0 Å². The molecule has 29 heavy (non-hydrogen) atoms. The van der Waals surface area contributed by atoms with Crippen LogP contribution in [0.2, 0.25) is 0 Å². The maximum atomic E-state index is 12.1. The van der Waals surface area contributed by atoms with Crippen LogP contribution in [0, 0.1) is 27.7 Å². The van der Waals surface area contributed by atoms with Gasteiger partial charge in [-0.05, 0) is 64.1 Å². The minimum absolute atomic E-state index is 0.198. The lowest BCUT2D eigenvalue weighted by Crippen LogP contribution is -2.19. The van der Waals surface area contributed by atoms with Crippen molar-refractivity contribution in [2.45, 2.75) is 32.9 Å². The van der Waals surface area contributed by atoms with Gasteiger partial charge in [0.15, 0.2) is 5.16 Å². The summed E-state index contributed by atoms with van der Waals surface area (Å²) in [5, 5.41) is 4.71. The van der Waals surface area contributed by atoms with E-state index in [0.717, 1.165) is 38.5 Å². The Balaban J connectivity index is 1.62. The molecule has 2 aromatic heterocycles. The number of nitrogens with one attached hydrogen (secondary N) is 1. The van der Waals surface area contributed by atoms with Gasteiger partial charge in [-0.25, -0.2) is 15.4 Å². The highest BCUT2D eigenvalue weighted by atomic mass is 79.9. The molecular weight excluding hydrogens is 450 g/mol. The van der Waals surface area contributed by atoms with Crippen LogP contribution in [-0.4, -0.2) is 32.4 Å². The monoisotopic (exact) mass is 471 g/mol. The second kappa shape index (κ2) is 9.37. The standard InChI is InChI=1S/C21H22BrN5OS/c1-13-9-14(2)25-21(24-13)29-12-20(28)26-23-11-17-10-15(3)27(16(17)4)19-7-5-18(22)6-8-19/h5-11H,12H2,1-4H3,(H,26,28)/b23-11-. The normalized spacial score (nSPS) is 11.2. The summed E-state index contributed by atoms with van der Waals surface area (Å²) in [4.78, 5) is 20.7. The first kappa shape index (κ1) is 21.3. The molecule has 0 aliphatic rings. The number of thioether (sulfide) groups is 1. The van der Waals surface area contributed by atoms with E-state index in [0.29, 0.717) is 5.16 Å². The molecule has 0 saturated heterocycles. The zero-order valence-corrected chi connectivity index (χ0v) is 19.1. The number of halogens is 1. The Hall–Kier alpha value is -2.45. The highest BCUT2D eigenvalue weighted by Gasteiger charge is 2.10. The fraction of sp³-hybridized carbons (Fsp3) is 0.238. The van der Waals surface area contributed by atoms with E-state index in [1.807, 2.05) is 52.0 Å². The van der Waals surface area contributed by atoms with Gasteiger partial charge in [0.05, 0.1) is 12.0 Å². The fourth-order valence-corrected chi connectivity index (χ4v) is 4.01. The molecule has 0 aliphatic heterocycles. The van der Waals surface area contributed by atoms with Crippen LogP contribution < -0.4 is 5.43 Å². The van der Waals surface area contributed by atoms with E-state index in [1.165, 1.54) is 11.8 Å². The van der Waals surface area contributed by atoms with Crippen molar-refractivity contribution in [1.82, 2.24) is 20.0 Å². The summed E-state index contributed by atoms with van der Waals surface area (Å²) in [7, 11) is 0. The molecule has 1 aromatic carbocycles. The zero-order chi connectivity index (χ0) is 21.0. The molecule has 1 amide bonds. The minimum atomic E-state index is -0.198. The summed E-state index contributed by atoms with van der Waals surface area (Å²) in [6, 6.07) is 12.1. The van der Waals surface area contributed by atoms with Gasteiger partial charge in [-0.2, -0.15) is 5.10 Å². The van der Waals surface area contributed by atoms with E-state index >= 15 is 0 Å². The summed E-state index contributed by atoms with van der Waals surface area (Å²) in [6.07, 6.45) is 1.67. The van der Waals surface area contributed by atoms with Gasteiger partial charge in [0.1, 0.15) is 0 Å². The molecule has 3 rings (SSSR count). The first-order valence-electron chi connectivity index (χ1n) is 9.05. The van der Waals surface area contributed by atoms with E-state index < -0.39 is 0 Å². The molecule has 6 nitrogen and oxygen atoms in total. The Morgan fingerprint density at radius 3 is 2.45 bits per heavy atom. The van der Waals surface area contributed by atoms with Crippen LogP contribution in [0.3, 0.4) is 0 Å². The summed E-state index contributed by atoms with van der Waals surface area (Å²) in [5.41, 5.74) is 8.54. The van der Waals surface area contributed by atoms with Gasteiger partial charge < -0.3 is 4.57 Å². The number of hydrogen-bond acceptors (Lipinski definition) is 5. The van der Waals surface area contributed by atoms with Crippen LogP contribution in [0.25, 0.3) is 5.69 Å². The van der Waals surface area contributed by atoms with Gasteiger partial charge >= 0.3 is 0 Å². The van der Waals surface area contributed by atoms with Crippen molar-refractivity contribution >= 4 is 39.8 Å². The lowest BCUT2D eigenvalue weighted by molar-refractivity contribution is -0.118. The summed E-state index contributed by atoms with van der Waals surface area (Å²) in [6.45, 7) is 7.90. The summed E-state index contributed by atoms with van der Waals surface area (Å²) >= 11 is 4.76. The van der Waals surface area contributed by atoms with Crippen LogP contribution in [0.1, 0.15) is 28.3 Å². The molecule has 0 fully saturated rings. The van der Waals surface area contributed by atoms with Gasteiger partial charge in [-0.1, -0.05) is 27.7 Å². The first-order chi connectivity index (χ1) is 13.8. The topological polar surface area (TPSA) is 72.2 Å². The molecular formula is C21H22BrN5OS. The Morgan fingerprint density at radius 2 is 1.79 bits per heavy atom. The van der Waals surface area contributed by atoms with Crippen molar-refractivity contribution in [2.75, 3.05) is 5.75 Å². The van der Waals surface area contributed by atoms with Crippen molar-refractivity contribution in [3.8, 4) is 5.69 Å². The molecule has 2 heterocycles. The molecule has 0 bridgehead atoms. The average molecular weight is 472 g/mol. The SMILES string of the molecule is Cc1cc(C)nc(SCC(=O)N/N=C\c2cc(C)n(-c3ccc(Br)cc3)c2C)n1. The number of amides is 1. The Labute approximate surface area is 183 Å². The molecule has 150 valence electrons. The summed E-state index contributed by atoms with van der Waals surface area (Å²) in [5.74, 6) is 0.00809. The molecule has 0 unspecified atom stereocenters. The molecule has 1 N–H and O–H groups in total. The van der Waals surface area contributed by atoms with Crippen LogP contribution in [0.5, 0.6) is 0 Å². The third kappa shape index (κ3) is 5.55. The third-order valence-electron chi connectivity index (χ3n) is 4.24. The second-order valence-corrected chi connectivity index (χ2v) is 8.51. The number of carbonyl (C=O) groups is 1. The van der Waals surface area contributed by atoms with Crippen LogP contribution in [0.4, 0.5) is 0 Å². The van der Waals surface area contributed by atoms with Crippen molar-refractivity contribution in [3.05, 3.63) is 69.2 Å². The lowest BCUT2D eigenvalue weighted by atomic mass is 10.2. The quantitative estimate of drug-likeness (QED) is 0.248. The van der Waals surface area contributed by atoms with E-state index in [9.17, 15) is 4.79 Å². The number of nitrogens with zero attached hydrogens (tertiary/aromatic N) is 4. The molecule has 0 aliphatic carbocycles. The van der Waals surface area contributed by atoms with Gasteiger partial charge in [0, 0.05) is 38.5 Å². The van der Waals surface area contributed by atoms with Crippen molar-refractivity contribution < 1.29 is 4.79 Å². The van der Waals surface area contributed by atoms with E-state index in [2.05, 4.69) is 53.1 Å². The predicted octanol–water partition coefficient (Wildman–Crippen LogP) is 4.51. The first-order valence-corrected chi connectivity index (χ1v) is 10.8. The van der Waals surface area contributed by atoms with Crippen LogP contribution in [-0.2, 0) is 4.79 Å². The van der Waals surface area contributed by atoms with Crippen LogP contribution in [0.15, 0.2) is 51.1 Å². The van der Waals surface area contributed by atoms with Gasteiger partial charge in [-0.15, -0.1) is 0 Å². The van der Waals surface area contributed by atoms with Gasteiger partial charge in [0.25, 0.3) is 5.91 Å². The molecule has 0 saturated carbocycles. The molecule has 0 atom stereocenters. The van der Waals surface area contributed by atoms with Crippen molar-refractivity contribution in [2.24, 2.45) is 5.10 Å². The highest BCUT2D eigenvalue weighted by Crippen LogP contribution is 2.21. The lowest BCUT2D eigenvalue weighted by Gasteiger charge is -2.09. The molecule has 8 heteroatoms. The maximum absolute atomic E-state index is 12.1. The number of benzene rings is 1. The summed E-state index contributed by atoms with van der Waals surface area (Å²) < 4.78 is 3.19. The third-order valence-corrected chi connectivity index (χ3v) is 5.62. The van der Waals surface area contributed by atoms with Crippen molar-refractivity contribution in [3.63, 3.8) is 0 Å². The predicted molar refractivity (Wildman–Crippen MR) is 121 cm³/mol. The van der Waals surface area contributed by atoms with E-state index in [1.54, 1.807) is 6.21 Å². The maximum Gasteiger partial charge on any atom is 0.250 e. The minimum Gasteiger partial charge on any atom is -0.318 e. The number of hydrogen-bond donors (Lipinski definition) is 1. The highest BCUT2D eigenvalue weighted by molar-refractivity contribution is 9.10. The smallest absolute Gasteiger partial charge is 0.250 e. The molecule has 3 aromatic rings. The number of aryl methyl sites for hydroxylation is 3. The Morgan fingerprint density at radius 1 is 1.14 bits per heavy atom. The number of carbonyl (C=O) groups excluding carboxylic acids is 1. The number of hydrazone groups is 1. The molecule has 0 spiro atoms. The van der Waals surface area contributed by atoms with E-state index in [-0.39, 0.29) is 11.7 Å². The zero-order valence-electron chi connectivity index (χ0n) is 16.7. The van der Waals surface area contributed by atoms with Gasteiger partial charge in [-0.3, -0.25) is 4.79 Å². The molecule has 0 radical (unpaired) electrons. The second-order valence-electron chi connectivity index (χ2n) is 6.65. The fourth-order valence-electron chi connectivity index (χ4n) is 3.00. The Bertz CT molecular complexity index is 1040. The number of rotatable bonds is 6. The largest absolute Gasteiger partial charge is 0.318 e.